The zero-order valence-corrected chi connectivity index (χ0v) is 50.0. The Morgan fingerprint density at radius 2 is 1.31 bits per heavy atom. The molecular weight excluding hydrogens is 1000 g/mol. The van der Waals surface area contributed by atoms with Crippen LogP contribution in [-0.2, 0) is 35.3 Å². The van der Waals surface area contributed by atoms with Gasteiger partial charge >= 0.3 is 5.97 Å². The number of hydrogen-bond donors (Lipinski definition) is 2. The number of ketones is 1. The average Bonchev–Trinajstić information content (AvgIpc) is 3.37. The number of ether oxygens (including phenoxy) is 6. The molecule has 430 valence electrons. The number of allylic oxidation sites excluding steroid dienone is 2. The quantitative estimate of drug-likeness (QED) is 0.197. The maximum Gasteiger partial charge on any atom is 0.309 e. The lowest BCUT2D eigenvalue weighted by molar-refractivity contribution is -0.202. The van der Waals surface area contributed by atoms with Gasteiger partial charge in [-0.1, -0.05) is 65.3 Å². The molecule has 13 rings (SSSR count). The minimum Gasteiger partial charge on any atom is -0.493 e. The molecule has 6 bridgehead atoms. The average molecular weight is 1090 g/mol. The Bertz CT molecular complexity index is 3110. The van der Waals surface area contributed by atoms with E-state index in [0.717, 1.165) is 107 Å². The van der Waals surface area contributed by atoms with Crippen LogP contribution in [0.15, 0.2) is 72.3 Å². The predicted octanol–water partition coefficient (Wildman–Crippen LogP) is 13.6. The molecule has 4 aromatic carbocycles. The van der Waals surface area contributed by atoms with E-state index in [2.05, 4.69) is 108 Å². The lowest BCUT2D eigenvalue weighted by Crippen LogP contribution is -2.66. The molecule has 0 aromatic heterocycles. The minimum atomic E-state index is -0.711. The van der Waals surface area contributed by atoms with Crippen LogP contribution in [0.3, 0.4) is 0 Å². The molecule has 9 aliphatic rings. The molecule has 4 aromatic rings. The number of carboxylic acids is 1. The van der Waals surface area contributed by atoms with Crippen LogP contribution < -0.4 is 28.4 Å². The summed E-state index contributed by atoms with van der Waals surface area (Å²) in [5.41, 5.74) is 7.30. The molecule has 4 saturated carbocycles. The molecule has 0 amide bonds. The first-order chi connectivity index (χ1) is 37.9. The number of methoxy groups -OCH3 is 4. The maximum atomic E-state index is 14.2. The van der Waals surface area contributed by atoms with Crippen LogP contribution in [0.2, 0.25) is 0 Å². The molecule has 2 N–H and O–H groups in total. The molecule has 80 heavy (non-hydrogen) atoms. The summed E-state index contributed by atoms with van der Waals surface area (Å²) in [4.78, 5) is 31.2. The summed E-state index contributed by atoms with van der Waals surface area (Å²) >= 11 is 0. The fraction of sp³-hybridized carbons (Fsp3) is 0.588. The van der Waals surface area contributed by atoms with Crippen LogP contribution in [0.4, 0.5) is 0 Å². The standard InChI is InChI=1S/C38H42N2O6.C30H46O4/c1-39-15-13-25-20-32(42-4)34-22-28(25)29(39)17-23-7-10-27(11-8-23)45-33-19-24(9-12-31(33)41-3)18-30-36-26(14-16-40(30)2)21-35(43-5)37(44-6)38(36)46-34;1-25(2)21-8-11-30(7)23(28(21,5)10-9-22(25)32)20(31)16-18-19-17-27(4,24(33)34)13-12-26(19,3)14-15-29(18,30)6/h7-12,19-22,29-30H,13-18H2,1-6H3;16,19,21-23,32H,8-15,17H2,1-7H3,(H,33,34). The summed E-state index contributed by atoms with van der Waals surface area (Å²) in [7, 11) is 11.1. The normalized spacial score (nSPS) is 34.0. The van der Waals surface area contributed by atoms with E-state index in [-0.39, 0.29) is 62.9 Å². The summed E-state index contributed by atoms with van der Waals surface area (Å²) in [5, 5.41) is 20.9. The van der Waals surface area contributed by atoms with E-state index < -0.39 is 11.4 Å². The Morgan fingerprint density at radius 1 is 0.675 bits per heavy atom. The number of benzene rings is 4. The summed E-state index contributed by atoms with van der Waals surface area (Å²) in [5.74, 6) is 5.47. The van der Waals surface area contributed by atoms with E-state index in [1.165, 1.54) is 27.8 Å². The van der Waals surface area contributed by atoms with Gasteiger partial charge in [-0.25, -0.2) is 0 Å². The van der Waals surface area contributed by atoms with Gasteiger partial charge in [-0.3, -0.25) is 19.4 Å². The second-order valence-corrected chi connectivity index (χ2v) is 27.4. The number of aliphatic hydroxyl groups is 1. The Balaban J connectivity index is 0.000000177. The number of hydrogen-bond acceptors (Lipinski definition) is 11. The molecule has 11 unspecified atom stereocenters. The zero-order chi connectivity index (χ0) is 57.1. The summed E-state index contributed by atoms with van der Waals surface area (Å²) < 4.78 is 37.1. The van der Waals surface area contributed by atoms with Crippen molar-refractivity contribution < 1.29 is 48.2 Å². The van der Waals surface area contributed by atoms with Crippen molar-refractivity contribution in [3.05, 3.63) is 106 Å². The Morgan fingerprint density at radius 3 is 2.00 bits per heavy atom. The lowest BCUT2D eigenvalue weighted by Gasteiger charge is -2.70. The smallest absolute Gasteiger partial charge is 0.309 e. The predicted molar refractivity (Wildman–Crippen MR) is 311 cm³/mol. The topological polar surface area (TPSA) is 136 Å². The number of nitrogens with zero attached hydrogens (tertiary/aromatic N) is 2. The van der Waals surface area contributed by atoms with Crippen molar-refractivity contribution >= 4 is 11.8 Å². The van der Waals surface area contributed by atoms with Crippen LogP contribution in [0, 0.1) is 50.2 Å². The number of likely N-dealkylation sites (N-methyl/N-ethyl adjacent to an activating group) is 2. The number of fused-ring (bicyclic) bond motifs is 9. The van der Waals surface area contributed by atoms with Crippen LogP contribution in [-0.4, -0.2) is 93.5 Å². The van der Waals surface area contributed by atoms with Crippen LogP contribution in [0.5, 0.6) is 46.0 Å². The highest BCUT2D eigenvalue weighted by Crippen LogP contribution is 2.75. The third-order valence-electron chi connectivity index (χ3n) is 22.9. The second-order valence-electron chi connectivity index (χ2n) is 27.4. The summed E-state index contributed by atoms with van der Waals surface area (Å²) in [6.07, 6.45) is 13.3. The molecule has 12 heteroatoms. The van der Waals surface area contributed by atoms with Crippen molar-refractivity contribution in [1.29, 1.82) is 0 Å². The maximum absolute atomic E-state index is 14.2. The van der Waals surface area contributed by atoms with Gasteiger partial charge in [0.25, 0.3) is 0 Å². The van der Waals surface area contributed by atoms with Crippen LogP contribution in [0.1, 0.15) is 152 Å². The van der Waals surface area contributed by atoms with Gasteiger partial charge in [0.15, 0.2) is 40.3 Å². The first-order valence-electron chi connectivity index (χ1n) is 29.6. The summed E-state index contributed by atoms with van der Waals surface area (Å²) in [6, 6.07) is 21.2. The minimum absolute atomic E-state index is 0.000437. The molecule has 4 aliphatic heterocycles. The molecule has 4 fully saturated rings. The van der Waals surface area contributed by atoms with Gasteiger partial charge < -0.3 is 38.6 Å². The Kier molecular flexibility index (Phi) is 14.4. The fourth-order valence-corrected chi connectivity index (χ4v) is 17.6. The highest BCUT2D eigenvalue weighted by molar-refractivity contribution is 5.95. The first-order valence-corrected chi connectivity index (χ1v) is 29.6. The van der Waals surface area contributed by atoms with Crippen molar-refractivity contribution in [2.45, 2.75) is 150 Å². The monoisotopic (exact) mass is 1090 g/mol. The van der Waals surface area contributed by atoms with Crippen molar-refractivity contribution in [3.63, 3.8) is 0 Å². The van der Waals surface area contributed by atoms with E-state index in [4.69, 9.17) is 28.4 Å². The molecule has 4 heterocycles. The van der Waals surface area contributed by atoms with Gasteiger partial charge in [0.05, 0.1) is 40.0 Å². The highest BCUT2D eigenvalue weighted by Gasteiger charge is 2.70. The molecular formula is C68H88N2O10. The third kappa shape index (κ3) is 8.93. The molecule has 11 atom stereocenters. The number of carbonyl (C=O) groups excluding carboxylic acids is 1. The molecule has 0 spiro atoms. The van der Waals surface area contributed by atoms with Gasteiger partial charge in [-0.15, -0.1) is 0 Å². The van der Waals surface area contributed by atoms with Gasteiger partial charge in [0.1, 0.15) is 5.75 Å². The zero-order valence-electron chi connectivity index (χ0n) is 50.0. The van der Waals surface area contributed by atoms with E-state index in [1.54, 1.807) is 28.4 Å². The largest absolute Gasteiger partial charge is 0.493 e. The van der Waals surface area contributed by atoms with Crippen molar-refractivity contribution in [1.82, 2.24) is 9.80 Å². The lowest BCUT2D eigenvalue weighted by atomic mass is 9.33. The van der Waals surface area contributed by atoms with Crippen molar-refractivity contribution in [3.8, 4) is 46.0 Å². The molecule has 5 aliphatic carbocycles. The fourth-order valence-electron chi connectivity index (χ4n) is 17.6. The van der Waals surface area contributed by atoms with Crippen molar-refractivity contribution in [2.24, 2.45) is 50.2 Å². The Labute approximate surface area is 475 Å². The van der Waals surface area contributed by atoms with Gasteiger partial charge in [0.2, 0.25) is 5.75 Å². The van der Waals surface area contributed by atoms with E-state index in [1.807, 2.05) is 31.2 Å². The SMILES string of the molecule is CC1(C(=O)O)CCC2(C)CCC3(C)C(=CC(=O)C4C5(C)CCC(O)C(C)(C)C5CCC43C)C2C1.COc1ccc2cc1Oc1ccc(cc1)CC1c3cc(c(OC)cc3CCN1C)Oc1c(OC)c(OC)cc3c1C(C2)N(C)CC3. The number of rotatable bonds is 5. The van der Waals surface area contributed by atoms with Gasteiger partial charge in [-0.2, -0.15) is 0 Å². The van der Waals surface area contributed by atoms with Gasteiger partial charge in [-0.05, 0) is 220 Å². The highest BCUT2D eigenvalue weighted by atomic mass is 16.5. The van der Waals surface area contributed by atoms with Gasteiger partial charge in [0, 0.05) is 36.7 Å². The number of aliphatic carboxylic acids is 1. The van der Waals surface area contributed by atoms with Crippen LogP contribution in [0.25, 0.3) is 0 Å². The van der Waals surface area contributed by atoms with E-state index >= 15 is 0 Å². The van der Waals surface area contributed by atoms with Crippen LogP contribution >= 0.6 is 0 Å². The summed E-state index contributed by atoms with van der Waals surface area (Å²) in [6.45, 7) is 17.7. The van der Waals surface area contributed by atoms with Crippen molar-refractivity contribution in [2.75, 3.05) is 55.6 Å². The second kappa shape index (κ2) is 20.4. The first kappa shape index (κ1) is 56.3. The number of aliphatic hydroxyl groups excluding tert-OH is 1. The van der Waals surface area contributed by atoms with E-state index in [9.17, 15) is 19.8 Å². The molecule has 0 saturated heterocycles. The van der Waals surface area contributed by atoms with E-state index in [0.29, 0.717) is 52.6 Å². The molecule has 0 radical (unpaired) electrons. The Hall–Kier alpha value is -5.56. The number of carboxylic acid groups (broad SMARTS) is 1. The number of carbonyl (C=O) groups is 2. The molecule has 12 nitrogen and oxygen atoms in total. The third-order valence-corrected chi connectivity index (χ3v) is 22.9.